The standard InChI is InChI=1S/C11H12N2O2/c1-12-9-2-3-10-8(6-9)4-5-13(10)7-11(14)15/h2-6,12H,7H2,1H3,(H,14,15). The number of nitrogens with zero attached hydrogens (tertiary/aromatic N) is 1. The van der Waals surface area contributed by atoms with Crippen LogP contribution in [0.1, 0.15) is 0 Å². The van der Waals surface area contributed by atoms with Crippen LogP contribution in [0.3, 0.4) is 0 Å². The molecule has 1 aromatic carbocycles. The molecule has 0 radical (unpaired) electrons. The molecule has 0 spiro atoms. The minimum absolute atomic E-state index is 0.00238. The van der Waals surface area contributed by atoms with E-state index in [0.29, 0.717) is 0 Å². The van der Waals surface area contributed by atoms with Crippen molar-refractivity contribution in [1.82, 2.24) is 4.57 Å². The summed E-state index contributed by atoms with van der Waals surface area (Å²) in [7, 11) is 1.86. The van der Waals surface area contributed by atoms with Gasteiger partial charge < -0.3 is 15.0 Å². The average molecular weight is 204 g/mol. The Morgan fingerprint density at radius 3 is 2.93 bits per heavy atom. The summed E-state index contributed by atoms with van der Waals surface area (Å²) in [4.78, 5) is 10.6. The predicted molar refractivity (Wildman–Crippen MR) is 59.1 cm³/mol. The highest BCUT2D eigenvalue weighted by Crippen LogP contribution is 2.20. The van der Waals surface area contributed by atoms with Gasteiger partial charge in [-0.2, -0.15) is 0 Å². The molecule has 1 aromatic heterocycles. The van der Waals surface area contributed by atoms with Gasteiger partial charge in [0.25, 0.3) is 0 Å². The number of aromatic nitrogens is 1. The van der Waals surface area contributed by atoms with Gasteiger partial charge in [-0.15, -0.1) is 0 Å². The third-order valence-corrected chi connectivity index (χ3v) is 2.37. The third-order valence-electron chi connectivity index (χ3n) is 2.37. The molecule has 2 rings (SSSR count). The fourth-order valence-electron chi connectivity index (χ4n) is 1.64. The summed E-state index contributed by atoms with van der Waals surface area (Å²) in [6.45, 7) is 0.00238. The van der Waals surface area contributed by atoms with E-state index in [1.807, 2.05) is 31.3 Å². The SMILES string of the molecule is CNc1ccc2c(ccn2CC(=O)O)c1. The van der Waals surface area contributed by atoms with Crippen LogP contribution in [0.2, 0.25) is 0 Å². The fourth-order valence-corrected chi connectivity index (χ4v) is 1.64. The van der Waals surface area contributed by atoms with Gasteiger partial charge in [-0.05, 0) is 24.3 Å². The average Bonchev–Trinajstić information content (AvgIpc) is 2.60. The summed E-state index contributed by atoms with van der Waals surface area (Å²) in [5.41, 5.74) is 1.96. The minimum Gasteiger partial charge on any atom is -0.480 e. The molecule has 0 saturated carbocycles. The number of nitrogens with one attached hydrogen (secondary N) is 1. The molecule has 0 amide bonds. The van der Waals surface area contributed by atoms with Gasteiger partial charge in [-0.1, -0.05) is 0 Å². The lowest BCUT2D eigenvalue weighted by Gasteiger charge is -2.03. The van der Waals surface area contributed by atoms with Crippen molar-refractivity contribution in [3.05, 3.63) is 30.5 Å². The first-order chi connectivity index (χ1) is 7.20. The first kappa shape index (κ1) is 9.58. The Labute approximate surface area is 87.1 Å². The van der Waals surface area contributed by atoms with Crippen LogP contribution in [0.5, 0.6) is 0 Å². The van der Waals surface area contributed by atoms with E-state index in [0.717, 1.165) is 16.6 Å². The predicted octanol–water partition coefficient (Wildman–Crippen LogP) is 1.77. The van der Waals surface area contributed by atoms with Crippen LogP contribution < -0.4 is 5.32 Å². The second-order valence-electron chi connectivity index (χ2n) is 3.36. The second kappa shape index (κ2) is 3.65. The number of carboxylic acid groups (broad SMARTS) is 1. The van der Waals surface area contributed by atoms with Crippen LogP contribution >= 0.6 is 0 Å². The van der Waals surface area contributed by atoms with Crippen molar-refractivity contribution in [1.29, 1.82) is 0 Å². The number of fused-ring (bicyclic) bond motifs is 1. The van der Waals surface area contributed by atoms with Gasteiger partial charge in [0.2, 0.25) is 0 Å². The lowest BCUT2D eigenvalue weighted by atomic mass is 10.2. The van der Waals surface area contributed by atoms with Crippen LogP contribution in [-0.4, -0.2) is 22.7 Å². The Morgan fingerprint density at radius 1 is 1.47 bits per heavy atom. The highest BCUT2D eigenvalue weighted by molar-refractivity contribution is 5.84. The fraction of sp³-hybridized carbons (Fsp3) is 0.182. The van der Waals surface area contributed by atoms with Gasteiger partial charge in [-0.25, -0.2) is 0 Å². The zero-order valence-corrected chi connectivity index (χ0v) is 8.40. The second-order valence-corrected chi connectivity index (χ2v) is 3.36. The summed E-state index contributed by atoms with van der Waals surface area (Å²) < 4.78 is 1.72. The third kappa shape index (κ3) is 1.79. The van der Waals surface area contributed by atoms with Gasteiger partial charge in [0.05, 0.1) is 0 Å². The number of aliphatic carboxylic acids is 1. The molecule has 0 aliphatic carbocycles. The molecule has 0 saturated heterocycles. The largest absolute Gasteiger partial charge is 0.480 e. The highest BCUT2D eigenvalue weighted by atomic mass is 16.4. The maximum Gasteiger partial charge on any atom is 0.323 e. The topological polar surface area (TPSA) is 54.3 Å². The van der Waals surface area contributed by atoms with Crippen molar-refractivity contribution in [2.75, 3.05) is 12.4 Å². The number of carbonyl (C=O) groups is 1. The van der Waals surface area contributed by atoms with Crippen LogP contribution in [0, 0.1) is 0 Å². The van der Waals surface area contributed by atoms with Crippen LogP contribution in [0.25, 0.3) is 10.9 Å². The zero-order chi connectivity index (χ0) is 10.8. The summed E-state index contributed by atoms with van der Waals surface area (Å²) in [5, 5.41) is 12.8. The summed E-state index contributed by atoms with van der Waals surface area (Å²) in [6.07, 6.45) is 1.79. The maximum atomic E-state index is 10.6. The van der Waals surface area contributed by atoms with Crippen LogP contribution in [0.15, 0.2) is 30.5 Å². The van der Waals surface area contributed by atoms with Crippen LogP contribution in [0.4, 0.5) is 5.69 Å². The number of benzene rings is 1. The number of rotatable bonds is 3. The molecule has 0 unspecified atom stereocenters. The summed E-state index contributed by atoms with van der Waals surface area (Å²) in [6, 6.07) is 7.76. The van der Waals surface area contributed by atoms with Gasteiger partial charge in [0, 0.05) is 29.8 Å². The lowest BCUT2D eigenvalue weighted by molar-refractivity contribution is -0.137. The maximum absolute atomic E-state index is 10.6. The van der Waals surface area contributed by atoms with Crippen molar-refractivity contribution < 1.29 is 9.90 Å². The minimum atomic E-state index is -0.829. The molecule has 0 fully saturated rings. The van der Waals surface area contributed by atoms with Crippen molar-refractivity contribution >= 4 is 22.6 Å². The number of hydrogen-bond acceptors (Lipinski definition) is 2. The number of hydrogen-bond donors (Lipinski definition) is 2. The van der Waals surface area contributed by atoms with Crippen LogP contribution in [-0.2, 0) is 11.3 Å². The van der Waals surface area contributed by atoms with E-state index in [4.69, 9.17) is 5.11 Å². The molecule has 4 heteroatoms. The molecule has 2 aromatic rings. The van der Waals surface area contributed by atoms with E-state index in [1.165, 1.54) is 0 Å². The monoisotopic (exact) mass is 204 g/mol. The number of carboxylic acids is 1. The molecule has 2 N–H and O–H groups in total. The van der Waals surface area contributed by atoms with Crippen molar-refractivity contribution in [3.63, 3.8) is 0 Å². The Hall–Kier alpha value is -1.97. The van der Waals surface area contributed by atoms with Gasteiger partial charge in [0.15, 0.2) is 0 Å². The van der Waals surface area contributed by atoms with Crippen molar-refractivity contribution in [2.24, 2.45) is 0 Å². The summed E-state index contributed by atoms with van der Waals surface area (Å²) >= 11 is 0. The molecule has 0 aliphatic rings. The smallest absolute Gasteiger partial charge is 0.323 e. The molecular weight excluding hydrogens is 192 g/mol. The first-order valence-electron chi connectivity index (χ1n) is 4.69. The number of anilines is 1. The van der Waals surface area contributed by atoms with E-state index in [-0.39, 0.29) is 6.54 Å². The quantitative estimate of drug-likeness (QED) is 0.801. The summed E-state index contributed by atoms with van der Waals surface area (Å²) in [5.74, 6) is -0.829. The van der Waals surface area contributed by atoms with E-state index in [9.17, 15) is 4.79 Å². The zero-order valence-electron chi connectivity index (χ0n) is 8.40. The molecule has 78 valence electrons. The molecule has 4 nitrogen and oxygen atoms in total. The lowest BCUT2D eigenvalue weighted by Crippen LogP contribution is -2.07. The van der Waals surface area contributed by atoms with Gasteiger partial charge in [0.1, 0.15) is 6.54 Å². The Morgan fingerprint density at radius 2 is 2.27 bits per heavy atom. The van der Waals surface area contributed by atoms with E-state index in [1.54, 1.807) is 10.8 Å². The normalized spacial score (nSPS) is 10.5. The highest BCUT2D eigenvalue weighted by Gasteiger charge is 2.04. The molecule has 0 bridgehead atoms. The van der Waals surface area contributed by atoms with Gasteiger partial charge >= 0.3 is 5.97 Å². The molecule has 0 atom stereocenters. The molecule has 15 heavy (non-hydrogen) atoms. The van der Waals surface area contributed by atoms with Crippen molar-refractivity contribution in [2.45, 2.75) is 6.54 Å². The molecule has 0 aliphatic heterocycles. The Balaban J connectivity index is 2.47. The van der Waals surface area contributed by atoms with Gasteiger partial charge in [-0.3, -0.25) is 4.79 Å². The van der Waals surface area contributed by atoms with E-state index in [2.05, 4.69) is 5.32 Å². The molecule has 1 heterocycles. The van der Waals surface area contributed by atoms with E-state index < -0.39 is 5.97 Å². The Kier molecular flexibility index (Phi) is 2.33. The van der Waals surface area contributed by atoms with E-state index >= 15 is 0 Å². The van der Waals surface area contributed by atoms with Crippen molar-refractivity contribution in [3.8, 4) is 0 Å². The molecular formula is C11H12N2O2. The Bertz CT molecular complexity index is 502. The first-order valence-corrected chi connectivity index (χ1v) is 4.69.